The van der Waals surface area contributed by atoms with E-state index in [4.69, 9.17) is 4.74 Å². The van der Waals surface area contributed by atoms with Gasteiger partial charge in [-0.25, -0.2) is 4.79 Å². The smallest absolute Gasteiger partial charge is 0.410 e. The van der Waals surface area contributed by atoms with Crippen molar-refractivity contribution in [2.45, 2.75) is 45.8 Å². The van der Waals surface area contributed by atoms with Gasteiger partial charge in [-0.1, -0.05) is 0 Å². The second-order valence-corrected chi connectivity index (χ2v) is 6.39. The van der Waals surface area contributed by atoms with E-state index in [1.165, 1.54) is 6.42 Å². The number of amides is 1. The number of nitrogens with zero attached hydrogens (tertiary/aromatic N) is 1. The highest BCUT2D eigenvalue weighted by Gasteiger charge is 2.39. The Morgan fingerprint density at radius 3 is 2.71 bits per heavy atom. The Kier molecular flexibility index (Phi) is 3.34. The van der Waals surface area contributed by atoms with Crippen LogP contribution in [0.5, 0.6) is 0 Å². The van der Waals surface area contributed by atoms with Crippen LogP contribution in [0.2, 0.25) is 0 Å². The van der Waals surface area contributed by atoms with Gasteiger partial charge in [-0.15, -0.1) is 0 Å². The molecule has 0 aliphatic carbocycles. The Labute approximate surface area is 104 Å². The molecule has 2 heterocycles. The van der Waals surface area contributed by atoms with E-state index in [-0.39, 0.29) is 12.1 Å². The van der Waals surface area contributed by atoms with Crippen molar-refractivity contribution in [3.05, 3.63) is 0 Å². The standard InChI is InChI=1S/C13H24N2O2/c1-9-11-5-10(6-14-7-11)8-15(9)12(16)17-13(2,3)4/h9-11,14H,5-8H2,1-4H3/t9-,10-,11+/m0/s1. The Morgan fingerprint density at radius 2 is 2.06 bits per heavy atom. The fraction of sp³-hybridized carbons (Fsp3) is 0.923. The van der Waals surface area contributed by atoms with Crippen molar-refractivity contribution < 1.29 is 9.53 Å². The van der Waals surface area contributed by atoms with Crippen molar-refractivity contribution in [3.8, 4) is 0 Å². The van der Waals surface area contributed by atoms with E-state index in [2.05, 4.69) is 12.2 Å². The first-order chi connectivity index (χ1) is 7.87. The summed E-state index contributed by atoms with van der Waals surface area (Å²) >= 11 is 0. The third kappa shape index (κ3) is 2.92. The lowest BCUT2D eigenvalue weighted by molar-refractivity contribution is -0.0123. The quantitative estimate of drug-likeness (QED) is 0.702. The molecule has 4 heteroatoms. The molecule has 2 rings (SSSR count). The molecule has 0 spiro atoms. The minimum Gasteiger partial charge on any atom is -0.444 e. The van der Waals surface area contributed by atoms with Gasteiger partial charge in [-0.2, -0.15) is 0 Å². The van der Waals surface area contributed by atoms with Crippen LogP contribution in [-0.2, 0) is 4.74 Å². The molecule has 2 aliphatic rings. The van der Waals surface area contributed by atoms with Crippen LogP contribution in [0.3, 0.4) is 0 Å². The lowest BCUT2D eigenvalue weighted by atomic mass is 9.81. The number of carbonyl (C=O) groups excluding carboxylic acids is 1. The maximum absolute atomic E-state index is 12.1. The third-order valence-electron chi connectivity index (χ3n) is 3.73. The Bertz CT molecular complexity index is 298. The van der Waals surface area contributed by atoms with Crippen LogP contribution in [0.15, 0.2) is 0 Å². The van der Waals surface area contributed by atoms with E-state index in [0.29, 0.717) is 11.8 Å². The number of hydrogen-bond donors (Lipinski definition) is 1. The van der Waals surface area contributed by atoms with Gasteiger partial charge >= 0.3 is 6.09 Å². The van der Waals surface area contributed by atoms with Gasteiger partial charge in [0.1, 0.15) is 5.60 Å². The van der Waals surface area contributed by atoms with Gasteiger partial charge in [-0.3, -0.25) is 0 Å². The summed E-state index contributed by atoms with van der Waals surface area (Å²) < 4.78 is 5.48. The van der Waals surface area contributed by atoms with Crippen LogP contribution < -0.4 is 5.32 Å². The number of likely N-dealkylation sites (tertiary alicyclic amines) is 1. The predicted molar refractivity (Wildman–Crippen MR) is 66.9 cm³/mol. The summed E-state index contributed by atoms with van der Waals surface area (Å²) in [6.45, 7) is 10.8. The minimum absolute atomic E-state index is 0.151. The van der Waals surface area contributed by atoms with Crippen LogP contribution in [0.1, 0.15) is 34.1 Å². The first-order valence-electron chi connectivity index (χ1n) is 6.57. The molecule has 98 valence electrons. The van der Waals surface area contributed by atoms with Gasteiger partial charge in [-0.05, 0) is 59.0 Å². The van der Waals surface area contributed by atoms with Gasteiger partial charge < -0.3 is 15.0 Å². The van der Waals surface area contributed by atoms with Crippen LogP contribution in [-0.4, -0.2) is 42.3 Å². The van der Waals surface area contributed by atoms with E-state index in [0.717, 1.165) is 19.6 Å². The topological polar surface area (TPSA) is 41.6 Å². The average molecular weight is 240 g/mol. The number of fused-ring (bicyclic) bond motifs is 2. The van der Waals surface area contributed by atoms with Gasteiger partial charge in [0.15, 0.2) is 0 Å². The first-order valence-corrected chi connectivity index (χ1v) is 6.57. The Morgan fingerprint density at radius 1 is 1.35 bits per heavy atom. The monoisotopic (exact) mass is 240 g/mol. The summed E-state index contributed by atoms with van der Waals surface area (Å²) in [5.41, 5.74) is -0.401. The zero-order chi connectivity index (χ0) is 12.6. The van der Waals surface area contributed by atoms with Crippen LogP contribution in [0, 0.1) is 11.8 Å². The van der Waals surface area contributed by atoms with Crippen molar-refractivity contribution >= 4 is 6.09 Å². The van der Waals surface area contributed by atoms with E-state index in [9.17, 15) is 4.79 Å². The minimum atomic E-state index is -0.401. The lowest BCUT2D eigenvalue weighted by Crippen LogP contribution is -2.58. The van der Waals surface area contributed by atoms with Gasteiger partial charge in [0.05, 0.1) is 0 Å². The zero-order valence-electron chi connectivity index (χ0n) is 11.3. The van der Waals surface area contributed by atoms with E-state index >= 15 is 0 Å². The summed E-state index contributed by atoms with van der Waals surface area (Å²) in [5.74, 6) is 1.17. The molecule has 0 aromatic carbocycles. The molecule has 1 amide bonds. The number of ether oxygens (including phenoxy) is 1. The summed E-state index contributed by atoms with van der Waals surface area (Å²) in [4.78, 5) is 14.1. The molecule has 4 nitrogen and oxygen atoms in total. The zero-order valence-corrected chi connectivity index (χ0v) is 11.3. The predicted octanol–water partition coefficient (Wildman–Crippen LogP) is 1.85. The summed E-state index contributed by atoms with van der Waals surface area (Å²) in [5, 5.41) is 3.45. The number of piperidine rings is 2. The van der Waals surface area contributed by atoms with Crippen molar-refractivity contribution in [3.63, 3.8) is 0 Å². The molecule has 3 atom stereocenters. The fourth-order valence-corrected chi connectivity index (χ4v) is 2.83. The molecule has 17 heavy (non-hydrogen) atoms. The van der Waals surface area contributed by atoms with Gasteiger partial charge in [0, 0.05) is 12.6 Å². The molecule has 0 radical (unpaired) electrons. The normalized spacial score (nSPS) is 33.4. The summed E-state index contributed by atoms with van der Waals surface area (Å²) in [6.07, 6.45) is 1.09. The second-order valence-electron chi connectivity index (χ2n) is 6.39. The molecule has 0 unspecified atom stereocenters. The highest BCUT2D eigenvalue weighted by Crippen LogP contribution is 2.30. The molecule has 0 saturated carbocycles. The van der Waals surface area contributed by atoms with Gasteiger partial charge in [0.25, 0.3) is 0 Å². The lowest BCUT2D eigenvalue weighted by Gasteiger charge is -2.46. The maximum Gasteiger partial charge on any atom is 0.410 e. The van der Waals surface area contributed by atoms with E-state index in [1.54, 1.807) is 0 Å². The summed E-state index contributed by atoms with van der Waals surface area (Å²) in [6, 6.07) is 0.286. The molecule has 0 aromatic rings. The van der Waals surface area contributed by atoms with Crippen molar-refractivity contribution in [2.24, 2.45) is 11.8 Å². The molecule has 2 fully saturated rings. The first kappa shape index (κ1) is 12.7. The van der Waals surface area contributed by atoms with Crippen molar-refractivity contribution in [1.82, 2.24) is 10.2 Å². The van der Waals surface area contributed by atoms with Crippen LogP contribution in [0.25, 0.3) is 0 Å². The highest BCUT2D eigenvalue weighted by molar-refractivity contribution is 5.68. The third-order valence-corrected chi connectivity index (χ3v) is 3.73. The SMILES string of the molecule is C[C@H]1[C@H]2CNC[C@H](C2)CN1C(=O)OC(C)(C)C. The number of nitrogens with one attached hydrogen (secondary N) is 1. The summed E-state index contributed by atoms with van der Waals surface area (Å²) in [7, 11) is 0. The van der Waals surface area contributed by atoms with E-state index < -0.39 is 5.60 Å². The number of rotatable bonds is 0. The molecule has 1 N–H and O–H groups in total. The number of carbonyl (C=O) groups is 1. The van der Waals surface area contributed by atoms with Crippen LogP contribution in [0.4, 0.5) is 4.79 Å². The Balaban J connectivity index is 2.02. The largest absolute Gasteiger partial charge is 0.444 e. The van der Waals surface area contributed by atoms with Crippen molar-refractivity contribution in [2.75, 3.05) is 19.6 Å². The highest BCUT2D eigenvalue weighted by atomic mass is 16.6. The Hall–Kier alpha value is -0.770. The molecule has 0 aromatic heterocycles. The second kappa shape index (κ2) is 4.48. The molecular weight excluding hydrogens is 216 g/mol. The molecule has 2 aliphatic heterocycles. The fourth-order valence-electron chi connectivity index (χ4n) is 2.83. The van der Waals surface area contributed by atoms with Gasteiger partial charge in [0.2, 0.25) is 0 Å². The van der Waals surface area contributed by atoms with E-state index in [1.807, 2.05) is 25.7 Å². The maximum atomic E-state index is 12.1. The van der Waals surface area contributed by atoms with Crippen LogP contribution >= 0.6 is 0 Å². The molecule has 2 bridgehead atoms. The molecular formula is C13H24N2O2. The van der Waals surface area contributed by atoms with Crippen molar-refractivity contribution in [1.29, 1.82) is 0 Å². The molecule has 2 saturated heterocycles. The number of hydrogen-bond acceptors (Lipinski definition) is 3. The average Bonchev–Trinajstić information content (AvgIpc) is 2.21.